The van der Waals surface area contributed by atoms with Crippen molar-refractivity contribution in [1.29, 1.82) is 0 Å². The molecule has 0 saturated carbocycles. The van der Waals surface area contributed by atoms with Crippen LogP contribution in [0.5, 0.6) is 0 Å². The number of halogens is 1. The lowest BCUT2D eigenvalue weighted by Crippen LogP contribution is -2.40. The molecule has 1 aromatic heterocycles. The highest BCUT2D eigenvalue weighted by Crippen LogP contribution is 2.25. The molecule has 0 saturated heterocycles. The zero-order valence-corrected chi connectivity index (χ0v) is 11.7. The number of hydrogen-bond acceptors (Lipinski definition) is 4. The van der Waals surface area contributed by atoms with Gasteiger partial charge >= 0.3 is 0 Å². The monoisotopic (exact) mass is 314 g/mol. The van der Waals surface area contributed by atoms with Gasteiger partial charge in [-0.1, -0.05) is 11.6 Å². The predicted octanol–water partition coefficient (Wildman–Crippen LogP) is 0.311. The number of sulfonamides is 1. The Bertz CT molecular complexity index is 844. The molecular weight excluding hydrogens is 306 g/mol. The minimum atomic E-state index is -4.01. The lowest BCUT2D eigenvalue weighted by Gasteiger charge is -2.09. The van der Waals surface area contributed by atoms with Crippen LogP contribution in [-0.4, -0.2) is 19.3 Å². The molecule has 1 amide bonds. The maximum Gasteiger partial charge on any atom is 0.258 e. The third-order valence-corrected chi connectivity index (χ3v) is 4.07. The van der Waals surface area contributed by atoms with Crippen LogP contribution in [0, 0.1) is 6.07 Å². The number of nitrogens with one attached hydrogen (secondary N) is 3. The van der Waals surface area contributed by atoms with Gasteiger partial charge in [0.2, 0.25) is 5.91 Å². The summed E-state index contributed by atoms with van der Waals surface area (Å²) in [5, 5.41) is 0.356. The van der Waals surface area contributed by atoms with Crippen LogP contribution >= 0.6 is 11.6 Å². The number of H-pyrrole nitrogens is 1. The summed E-state index contributed by atoms with van der Waals surface area (Å²) >= 11 is 5.89. The van der Waals surface area contributed by atoms with Gasteiger partial charge in [-0.3, -0.25) is 15.0 Å². The second-order valence-corrected chi connectivity index (χ2v) is 5.96. The topological polar surface area (TPSA) is 108 Å². The van der Waals surface area contributed by atoms with Gasteiger partial charge in [0.15, 0.2) is 0 Å². The number of fused-ring (bicyclic) bond motifs is 1. The molecule has 0 fully saturated rings. The molecule has 2 aromatic rings. The van der Waals surface area contributed by atoms with Crippen LogP contribution in [0.4, 0.5) is 0 Å². The molecule has 20 heavy (non-hydrogen) atoms. The Hall–Kier alpha value is -1.90. The lowest BCUT2D eigenvalue weighted by atomic mass is 10.2. The summed E-state index contributed by atoms with van der Waals surface area (Å²) in [5.74, 6) is -0.567. The van der Waals surface area contributed by atoms with Gasteiger partial charge in [0.05, 0.1) is 11.1 Å². The molecule has 1 heterocycles. The van der Waals surface area contributed by atoms with E-state index < -0.39 is 21.5 Å². The molecule has 7 nitrogen and oxygen atoms in total. The number of benzene rings is 1. The zero-order chi connectivity index (χ0) is 14.9. The van der Waals surface area contributed by atoms with Crippen molar-refractivity contribution in [3.05, 3.63) is 39.6 Å². The molecule has 2 rings (SSSR count). The average Bonchev–Trinajstić information content (AvgIpc) is 2.35. The number of rotatable bonds is 3. The maximum absolute atomic E-state index is 12.0. The van der Waals surface area contributed by atoms with Crippen molar-refractivity contribution < 1.29 is 13.2 Å². The minimum absolute atomic E-state index is 0.0859. The van der Waals surface area contributed by atoms with Gasteiger partial charge in [-0.2, -0.15) is 0 Å². The molecule has 0 unspecified atom stereocenters. The minimum Gasteiger partial charge on any atom is -0.321 e. The van der Waals surface area contributed by atoms with E-state index in [0.29, 0.717) is 10.9 Å². The molecule has 0 aliphatic rings. The summed E-state index contributed by atoms with van der Waals surface area (Å²) in [5.41, 5.74) is 1.91. The van der Waals surface area contributed by atoms with Gasteiger partial charge in [-0.05, 0) is 18.2 Å². The standard InChI is InChI=1S/C11H9ClN3O4S/c1-6(16)14-15-20(18,19)10-4-7-2-3-11(17)13-9(7)5-8(10)12/h2,4-5,15H,1H3,(H,13,17)(H,14,16). The Morgan fingerprint density at radius 2 is 2.10 bits per heavy atom. The van der Waals surface area contributed by atoms with Crippen molar-refractivity contribution in [2.24, 2.45) is 0 Å². The first-order valence-electron chi connectivity index (χ1n) is 5.32. The van der Waals surface area contributed by atoms with Crippen LogP contribution in [0.1, 0.15) is 6.92 Å². The fourth-order valence-corrected chi connectivity index (χ4v) is 2.95. The van der Waals surface area contributed by atoms with Crippen LogP contribution in [0.15, 0.2) is 27.9 Å². The van der Waals surface area contributed by atoms with E-state index in [1.54, 1.807) is 0 Å². The lowest BCUT2D eigenvalue weighted by molar-refractivity contribution is -0.119. The highest BCUT2D eigenvalue weighted by Gasteiger charge is 2.19. The molecule has 0 spiro atoms. The summed E-state index contributed by atoms with van der Waals surface area (Å²) < 4.78 is 24.0. The molecule has 0 aliphatic carbocycles. The number of aromatic amines is 1. The number of carbonyl (C=O) groups excluding carboxylic acids is 1. The van der Waals surface area contributed by atoms with Gasteiger partial charge in [0, 0.05) is 17.8 Å². The van der Waals surface area contributed by atoms with Crippen LogP contribution in [0.3, 0.4) is 0 Å². The van der Waals surface area contributed by atoms with Crippen LogP contribution in [0.25, 0.3) is 10.9 Å². The molecule has 9 heteroatoms. The van der Waals surface area contributed by atoms with Crippen molar-refractivity contribution in [3.8, 4) is 0 Å². The van der Waals surface area contributed by atoms with Gasteiger partial charge in [-0.25, -0.2) is 8.42 Å². The molecule has 3 N–H and O–H groups in total. The SMILES string of the molecule is CC(=O)NNS(=O)(=O)c1cc2c[c]c(=O)[nH]c2cc1Cl. The smallest absolute Gasteiger partial charge is 0.258 e. The summed E-state index contributed by atoms with van der Waals surface area (Å²) in [6.07, 6.45) is 0. The van der Waals surface area contributed by atoms with E-state index in [-0.39, 0.29) is 9.92 Å². The van der Waals surface area contributed by atoms with Gasteiger partial charge in [-0.15, -0.1) is 4.83 Å². The zero-order valence-electron chi connectivity index (χ0n) is 10.2. The van der Waals surface area contributed by atoms with Crippen LogP contribution in [-0.2, 0) is 14.8 Å². The van der Waals surface area contributed by atoms with E-state index in [1.165, 1.54) is 18.2 Å². The molecular formula is C11H9ClN3O4S. The highest BCUT2D eigenvalue weighted by atomic mass is 35.5. The van der Waals surface area contributed by atoms with Gasteiger partial charge < -0.3 is 4.98 Å². The van der Waals surface area contributed by atoms with Crippen molar-refractivity contribution >= 4 is 38.4 Å². The van der Waals surface area contributed by atoms with Crippen molar-refractivity contribution in [1.82, 2.24) is 15.2 Å². The summed E-state index contributed by atoms with van der Waals surface area (Å²) in [7, 11) is -4.01. The Labute approximate surface area is 119 Å². The summed E-state index contributed by atoms with van der Waals surface area (Å²) in [4.78, 5) is 26.0. The van der Waals surface area contributed by atoms with E-state index in [4.69, 9.17) is 11.6 Å². The van der Waals surface area contributed by atoms with Crippen LogP contribution < -0.4 is 15.8 Å². The van der Waals surface area contributed by atoms with E-state index in [2.05, 4.69) is 11.1 Å². The number of hydrogen-bond donors (Lipinski definition) is 3. The number of hydrazine groups is 1. The Morgan fingerprint density at radius 3 is 2.75 bits per heavy atom. The number of aromatic nitrogens is 1. The highest BCUT2D eigenvalue weighted by molar-refractivity contribution is 7.89. The molecule has 0 aliphatic heterocycles. The maximum atomic E-state index is 12.0. The second kappa shape index (κ2) is 5.23. The van der Waals surface area contributed by atoms with Crippen molar-refractivity contribution in [2.45, 2.75) is 11.8 Å². The summed E-state index contributed by atoms with van der Waals surface area (Å²) in [6.45, 7) is 1.16. The van der Waals surface area contributed by atoms with E-state index >= 15 is 0 Å². The molecule has 0 atom stereocenters. The number of carbonyl (C=O) groups is 1. The summed E-state index contributed by atoms with van der Waals surface area (Å²) in [6, 6.07) is 6.32. The molecule has 1 radical (unpaired) electrons. The first-order valence-corrected chi connectivity index (χ1v) is 7.18. The van der Waals surface area contributed by atoms with E-state index in [9.17, 15) is 18.0 Å². The Kier molecular flexibility index (Phi) is 3.80. The van der Waals surface area contributed by atoms with Gasteiger partial charge in [0.25, 0.3) is 15.6 Å². The van der Waals surface area contributed by atoms with Crippen molar-refractivity contribution in [2.75, 3.05) is 0 Å². The Morgan fingerprint density at radius 1 is 1.40 bits per heavy atom. The Balaban J connectivity index is 2.54. The molecule has 105 valence electrons. The quantitative estimate of drug-likeness (QED) is 0.708. The van der Waals surface area contributed by atoms with Crippen molar-refractivity contribution in [3.63, 3.8) is 0 Å². The van der Waals surface area contributed by atoms with Crippen LogP contribution in [0.2, 0.25) is 5.02 Å². The van der Waals surface area contributed by atoms with E-state index in [1.807, 2.05) is 10.3 Å². The molecule has 0 bridgehead atoms. The third kappa shape index (κ3) is 2.98. The second-order valence-electron chi connectivity index (χ2n) is 3.90. The van der Waals surface area contributed by atoms with Gasteiger partial charge in [0.1, 0.15) is 4.90 Å². The number of amides is 1. The van der Waals surface area contributed by atoms with E-state index in [0.717, 1.165) is 6.92 Å². The average molecular weight is 315 g/mol. The predicted molar refractivity (Wildman–Crippen MR) is 72.6 cm³/mol. The first kappa shape index (κ1) is 14.5. The fraction of sp³-hybridized carbons (Fsp3) is 0.0909. The third-order valence-electron chi connectivity index (χ3n) is 2.36. The largest absolute Gasteiger partial charge is 0.321 e. The first-order chi connectivity index (χ1) is 9.29. The fourth-order valence-electron chi connectivity index (χ4n) is 1.50. The number of pyridine rings is 1. The molecule has 1 aromatic carbocycles. The normalized spacial score (nSPS) is 11.5.